The van der Waals surface area contributed by atoms with Gasteiger partial charge in [-0.25, -0.2) is 9.36 Å². The van der Waals surface area contributed by atoms with E-state index in [0.717, 1.165) is 21.1 Å². The maximum Gasteiger partial charge on any atom is 0.259 e. The van der Waals surface area contributed by atoms with Gasteiger partial charge in [0, 0.05) is 23.8 Å². The van der Waals surface area contributed by atoms with Gasteiger partial charge < -0.3 is 10.6 Å². The normalized spacial score (nSPS) is 10.9. The zero-order valence-electron chi connectivity index (χ0n) is 23.1. The van der Waals surface area contributed by atoms with Crippen LogP contribution in [0.25, 0.3) is 32.5 Å². The molecule has 44 heavy (non-hydrogen) atoms. The highest BCUT2D eigenvalue weighted by molar-refractivity contribution is 7.13. The molecule has 7 aromatic rings. The van der Waals surface area contributed by atoms with Crippen molar-refractivity contribution in [2.45, 2.75) is 0 Å². The van der Waals surface area contributed by atoms with Gasteiger partial charge in [0.1, 0.15) is 11.4 Å². The molecule has 0 aliphatic carbocycles. The summed E-state index contributed by atoms with van der Waals surface area (Å²) in [6.07, 6.45) is 3.48. The summed E-state index contributed by atoms with van der Waals surface area (Å²) in [6.45, 7) is 0. The fourth-order valence-corrected chi connectivity index (χ4v) is 6.21. The van der Waals surface area contributed by atoms with E-state index in [-0.39, 0.29) is 11.8 Å². The Morgan fingerprint density at radius 2 is 1.00 bits per heavy atom. The molecule has 0 aliphatic heterocycles. The average molecular weight is 613 g/mol. The first-order valence-electron chi connectivity index (χ1n) is 13.7. The van der Waals surface area contributed by atoms with E-state index in [9.17, 15) is 9.59 Å². The minimum absolute atomic E-state index is 0.303. The lowest BCUT2D eigenvalue weighted by Gasteiger charge is -2.09. The average Bonchev–Trinajstić information content (AvgIpc) is 3.88. The first-order valence-corrected chi connectivity index (χ1v) is 15.5. The Balaban J connectivity index is 1.14. The van der Waals surface area contributed by atoms with Crippen LogP contribution >= 0.6 is 22.7 Å². The largest absolute Gasteiger partial charge is 0.322 e. The Labute approximate surface area is 260 Å². The van der Waals surface area contributed by atoms with Gasteiger partial charge in [0.25, 0.3) is 11.8 Å². The highest BCUT2D eigenvalue weighted by Gasteiger charge is 2.21. The predicted octanol–water partition coefficient (Wildman–Crippen LogP) is 8.02. The molecule has 214 valence electrons. The minimum Gasteiger partial charge on any atom is -0.322 e. The van der Waals surface area contributed by atoms with Gasteiger partial charge in [-0.2, -0.15) is 10.2 Å². The van der Waals surface area contributed by atoms with Crippen molar-refractivity contribution in [1.29, 1.82) is 0 Å². The van der Waals surface area contributed by atoms with Crippen LogP contribution in [0.15, 0.2) is 132 Å². The Hall–Kier alpha value is -5.58. The monoisotopic (exact) mass is 612 g/mol. The molecule has 0 radical (unpaired) electrons. The number of anilines is 2. The van der Waals surface area contributed by atoms with Crippen LogP contribution < -0.4 is 10.6 Å². The minimum atomic E-state index is -0.303. The van der Waals surface area contributed by atoms with Gasteiger partial charge >= 0.3 is 0 Å². The van der Waals surface area contributed by atoms with Crippen LogP contribution in [0.1, 0.15) is 20.7 Å². The Kier molecular flexibility index (Phi) is 7.41. The molecule has 4 aromatic heterocycles. The van der Waals surface area contributed by atoms with Gasteiger partial charge in [-0.3, -0.25) is 9.59 Å². The number of carbonyl (C=O) groups is 2. The van der Waals surface area contributed by atoms with E-state index in [0.29, 0.717) is 33.9 Å². The third-order valence-electron chi connectivity index (χ3n) is 6.85. The van der Waals surface area contributed by atoms with Crippen LogP contribution in [0.3, 0.4) is 0 Å². The zero-order chi connectivity index (χ0) is 29.9. The lowest BCUT2D eigenvalue weighted by molar-refractivity contribution is 0.102. The summed E-state index contributed by atoms with van der Waals surface area (Å²) in [4.78, 5) is 29.0. The summed E-state index contributed by atoms with van der Waals surface area (Å²) < 4.78 is 3.42. The molecule has 0 fully saturated rings. The van der Waals surface area contributed by atoms with Crippen LogP contribution in [-0.2, 0) is 0 Å². The molecule has 3 aromatic carbocycles. The summed E-state index contributed by atoms with van der Waals surface area (Å²) in [6, 6.07) is 34.2. The highest BCUT2D eigenvalue weighted by Crippen LogP contribution is 2.30. The van der Waals surface area contributed by atoms with Gasteiger partial charge in [0.2, 0.25) is 0 Å². The van der Waals surface area contributed by atoms with Gasteiger partial charge in [0.15, 0.2) is 0 Å². The maximum absolute atomic E-state index is 13.6. The number of aromatic nitrogens is 4. The number of thiophene rings is 2. The van der Waals surface area contributed by atoms with Crippen molar-refractivity contribution in [3.63, 3.8) is 0 Å². The molecule has 0 aliphatic rings. The van der Waals surface area contributed by atoms with Crippen LogP contribution in [0.5, 0.6) is 0 Å². The second-order valence-electron chi connectivity index (χ2n) is 9.79. The molecule has 2 N–H and O–H groups in total. The highest BCUT2D eigenvalue weighted by atomic mass is 32.1. The summed E-state index contributed by atoms with van der Waals surface area (Å²) in [5.41, 5.74) is 4.87. The number of carbonyl (C=O) groups excluding carboxylic acids is 2. The number of amides is 2. The van der Waals surface area contributed by atoms with E-state index in [4.69, 9.17) is 10.2 Å². The molecule has 8 nitrogen and oxygen atoms in total. The van der Waals surface area contributed by atoms with Crippen molar-refractivity contribution in [3.8, 4) is 32.5 Å². The third-order valence-corrected chi connectivity index (χ3v) is 8.60. The number of hydrogen-bond donors (Lipinski definition) is 2. The lowest BCUT2D eigenvalue weighted by atomic mass is 10.2. The van der Waals surface area contributed by atoms with Crippen molar-refractivity contribution < 1.29 is 9.59 Å². The number of rotatable bonds is 8. The summed E-state index contributed by atoms with van der Waals surface area (Å²) >= 11 is 3.04. The number of benzene rings is 3. The zero-order valence-corrected chi connectivity index (χ0v) is 24.8. The summed E-state index contributed by atoms with van der Waals surface area (Å²) in [5, 5.41) is 19.3. The van der Waals surface area contributed by atoms with Crippen LogP contribution in [0.2, 0.25) is 0 Å². The van der Waals surface area contributed by atoms with Crippen LogP contribution in [-0.4, -0.2) is 31.4 Å². The number of nitrogens with one attached hydrogen (secondary N) is 2. The van der Waals surface area contributed by atoms with Crippen molar-refractivity contribution in [1.82, 2.24) is 19.6 Å². The first-order chi connectivity index (χ1) is 21.6. The van der Waals surface area contributed by atoms with E-state index in [1.165, 1.54) is 22.7 Å². The molecule has 0 spiro atoms. The van der Waals surface area contributed by atoms with E-state index in [1.54, 1.807) is 46.0 Å². The maximum atomic E-state index is 13.6. The van der Waals surface area contributed by atoms with Gasteiger partial charge in [-0.05, 0) is 65.4 Å². The Bertz CT molecular complexity index is 1900. The molecular weight excluding hydrogens is 589 g/mol. The van der Waals surface area contributed by atoms with E-state index in [2.05, 4.69) is 10.6 Å². The lowest BCUT2D eigenvalue weighted by Crippen LogP contribution is -2.14. The fourth-order valence-electron chi connectivity index (χ4n) is 4.77. The molecule has 4 heterocycles. The molecule has 0 unspecified atom stereocenters. The number of para-hydroxylation sites is 2. The smallest absolute Gasteiger partial charge is 0.259 e. The molecule has 0 saturated heterocycles. The van der Waals surface area contributed by atoms with Crippen LogP contribution in [0, 0.1) is 0 Å². The van der Waals surface area contributed by atoms with Crippen LogP contribution in [0.4, 0.5) is 11.4 Å². The second-order valence-corrected chi connectivity index (χ2v) is 11.7. The van der Waals surface area contributed by atoms with Crippen molar-refractivity contribution in [2.75, 3.05) is 10.6 Å². The molecule has 7 rings (SSSR count). The summed E-state index contributed by atoms with van der Waals surface area (Å²) in [7, 11) is 0. The van der Waals surface area contributed by atoms with Gasteiger partial charge in [-0.15, -0.1) is 22.7 Å². The van der Waals surface area contributed by atoms with E-state index >= 15 is 0 Å². The summed E-state index contributed by atoms with van der Waals surface area (Å²) in [5.74, 6) is -0.605. The second kappa shape index (κ2) is 12.0. The topological polar surface area (TPSA) is 93.8 Å². The quantitative estimate of drug-likeness (QED) is 0.182. The Morgan fingerprint density at radius 3 is 1.41 bits per heavy atom. The standard InChI is InChI=1S/C34H24N6O2S2/c41-33(27-21-39(25-12-3-1-4-13-25)37-31(27)29-16-8-18-43-29)35-23-10-7-11-24(20-23)36-34(42)28-22-40(26-14-5-2-6-15-26)38-32(28)30-17-9-19-44-30/h1-22H,(H,35,41)(H,36,42). The van der Waals surface area contributed by atoms with Crippen molar-refractivity contribution >= 4 is 45.9 Å². The number of nitrogens with zero attached hydrogens (tertiary/aromatic N) is 4. The van der Waals surface area contributed by atoms with Crippen molar-refractivity contribution in [3.05, 3.63) is 143 Å². The molecule has 10 heteroatoms. The predicted molar refractivity (Wildman–Crippen MR) is 176 cm³/mol. The van der Waals surface area contributed by atoms with Gasteiger partial charge in [-0.1, -0.05) is 54.6 Å². The first kappa shape index (κ1) is 27.3. The van der Waals surface area contributed by atoms with E-state index < -0.39 is 0 Å². The Morgan fingerprint density at radius 1 is 0.545 bits per heavy atom. The van der Waals surface area contributed by atoms with E-state index in [1.807, 2.05) is 95.7 Å². The molecule has 2 amide bonds. The van der Waals surface area contributed by atoms with Gasteiger partial charge in [0.05, 0.1) is 32.3 Å². The van der Waals surface area contributed by atoms with Crippen molar-refractivity contribution in [2.24, 2.45) is 0 Å². The SMILES string of the molecule is O=C(Nc1cccc(NC(=O)c2cn(-c3ccccc3)nc2-c2cccs2)c1)c1cn(-c2ccccc2)nc1-c1cccs1. The fraction of sp³-hybridized carbons (Fsp3) is 0. The molecule has 0 bridgehead atoms. The molecule has 0 atom stereocenters. The molecule has 0 saturated carbocycles. The number of hydrogen-bond acceptors (Lipinski definition) is 6. The third kappa shape index (κ3) is 5.59. The molecular formula is C34H24N6O2S2.